The molecule has 0 N–H and O–H groups in total. The van der Waals surface area contributed by atoms with Gasteiger partial charge in [0.15, 0.2) is 5.76 Å². The van der Waals surface area contributed by atoms with Crippen LogP contribution in [-0.4, -0.2) is 16.8 Å². The van der Waals surface area contributed by atoms with E-state index in [-0.39, 0.29) is 28.7 Å². The molecule has 8 heteroatoms. The van der Waals surface area contributed by atoms with Crippen molar-refractivity contribution in [1.82, 2.24) is 0 Å². The summed E-state index contributed by atoms with van der Waals surface area (Å²) in [4.78, 5) is 37.9. The number of hydrogen-bond acceptors (Lipinski definition) is 6. The van der Waals surface area contributed by atoms with E-state index in [4.69, 9.17) is 9.47 Å². The second-order valence-corrected chi connectivity index (χ2v) is 7.82. The molecular formula is C28H18N2O6. The van der Waals surface area contributed by atoms with Crippen molar-refractivity contribution in [2.24, 2.45) is 0 Å². The van der Waals surface area contributed by atoms with Crippen LogP contribution < -0.4 is 14.4 Å². The molecule has 0 saturated heterocycles. The maximum atomic E-state index is 13.2. The van der Waals surface area contributed by atoms with Gasteiger partial charge in [-0.1, -0.05) is 48.5 Å². The Morgan fingerprint density at radius 1 is 0.861 bits per heavy atom. The molecule has 4 aromatic rings. The second kappa shape index (κ2) is 9.55. The molecule has 1 aliphatic heterocycles. The quantitative estimate of drug-likeness (QED) is 0.183. The van der Waals surface area contributed by atoms with Crippen molar-refractivity contribution in [1.29, 1.82) is 0 Å². The Bertz CT molecular complexity index is 1460. The van der Waals surface area contributed by atoms with Crippen molar-refractivity contribution in [2.45, 2.75) is 0 Å². The molecule has 0 radical (unpaired) electrons. The Hall–Kier alpha value is -5.24. The van der Waals surface area contributed by atoms with Crippen LogP contribution in [0.5, 0.6) is 11.5 Å². The molecule has 1 aliphatic rings. The lowest BCUT2D eigenvalue weighted by atomic mass is 10.1. The molecule has 0 unspecified atom stereocenters. The number of Topliss-reactive ketones (excluding diaryl/α,β-unsaturated/α-hetero) is 1. The molecule has 0 fully saturated rings. The zero-order valence-electron chi connectivity index (χ0n) is 18.7. The van der Waals surface area contributed by atoms with E-state index in [1.807, 2.05) is 36.4 Å². The number of fused-ring (bicyclic) bond motifs is 1. The van der Waals surface area contributed by atoms with Gasteiger partial charge >= 0.3 is 6.09 Å². The lowest BCUT2D eigenvalue weighted by Gasteiger charge is -2.22. The third-order valence-electron chi connectivity index (χ3n) is 5.44. The number of para-hydroxylation sites is 2. The number of amides is 1. The van der Waals surface area contributed by atoms with Crippen LogP contribution in [-0.2, 0) is 0 Å². The highest BCUT2D eigenvalue weighted by atomic mass is 16.6. The Kier molecular flexibility index (Phi) is 5.98. The predicted molar refractivity (Wildman–Crippen MR) is 134 cm³/mol. The van der Waals surface area contributed by atoms with E-state index in [1.165, 1.54) is 47.4 Å². The number of nitro benzene ring substituents is 1. The van der Waals surface area contributed by atoms with Crippen LogP contribution in [0.15, 0.2) is 109 Å². The summed E-state index contributed by atoms with van der Waals surface area (Å²) in [6.07, 6.45) is 0.803. The van der Waals surface area contributed by atoms with Crippen LogP contribution in [0.4, 0.5) is 21.9 Å². The summed E-state index contributed by atoms with van der Waals surface area (Å²) in [5.74, 6) is 0.0710. The molecule has 4 aromatic carbocycles. The Labute approximate surface area is 205 Å². The minimum absolute atomic E-state index is 0.0178. The van der Waals surface area contributed by atoms with Crippen molar-refractivity contribution in [3.05, 3.63) is 130 Å². The summed E-state index contributed by atoms with van der Waals surface area (Å²) in [5.41, 5.74) is 1.91. The van der Waals surface area contributed by atoms with Gasteiger partial charge in [0.25, 0.3) is 5.69 Å². The van der Waals surface area contributed by atoms with Gasteiger partial charge in [-0.15, -0.1) is 0 Å². The fraction of sp³-hybridized carbons (Fsp3) is 0. The van der Waals surface area contributed by atoms with E-state index in [0.29, 0.717) is 22.5 Å². The van der Waals surface area contributed by atoms with Gasteiger partial charge in [0, 0.05) is 18.2 Å². The highest BCUT2D eigenvalue weighted by molar-refractivity contribution is 6.14. The molecule has 5 rings (SSSR count). The maximum absolute atomic E-state index is 13.2. The summed E-state index contributed by atoms with van der Waals surface area (Å²) in [6, 6.07) is 28.5. The fourth-order valence-electron chi connectivity index (χ4n) is 3.77. The molecular weight excluding hydrogens is 460 g/mol. The summed E-state index contributed by atoms with van der Waals surface area (Å²) in [5, 5.41) is 11.0. The number of ether oxygens (including phenoxy) is 2. The van der Waals surface area contributed by atoms with Gasteiger partial charge in [0.1, 0.15) is 11.5 Å². The normalized spacial score (nSPS) is 13.1. The summed E-state index contributed by atoms with van der Waals surface area (Å²) in [7, 11) is 0. The van der Waals surface area contributed by atoms with Crippen molar-refractivity contribution in [2.75, 3.05) is 4.90 Å². The highest BCUT2D eigenvalue weighted by Gasteiger charge is 2.29. The molecule has 0 bridgehead atoms. The molecule has 1 heterocycles. The Morgan fingerprint density at radius 2 is 1.53 bits per heavy atom. The average molecular weight is 478 g/mol. The molecule has 176 valence electrons. The minimum Gasteiger partial charge on any atom is -0.452 e. The summed E-state index contributed by atoms with van der Waals surface area (Å²) in [6.45, 7) is 0. The third-order valence-corrected chi connectivity index (χ3v) is 5.44. The van der Waals surface area contributed by atoms with Gasteiger partial charge in [-0.2, -0.15) is 0 Å². The topological polar surface area (TPSA) is 99.0 Å². The summed E-state index contributed by atoms with van der Waals surface area (Å²) >= 11 is 0. The van der Waals surface area contributed by atoms with Crippen LogP contribution in [0, 0.1) is 10.1 Å². The molecule has 0 spiro atoms. The number of carbonyl (C=O) groups is 2. The zero-order chi connectivity index (χ0) is 25.1. The smallest absolute Gasteiger partial charge is 0.424 e. The molecule has 0 saturated carbocycles. The van der Waals surface area contributed by atoms with E-state index >= 15 is 0 Å². The first kappa shape index (κ1) is 22.5. The van der Waals surface area contributed by atoms with E-state index < -0.39 is 11.0 Å². The average Bonchev–Trinajstić information content (AvgIpc) is 3.19. The van der Waals surface area contributed by atoms with Crippen molar-refractivity contribution < 1.29 is 24.0 Å². The molecule has 0 atom stereocenters. The van der Waals surface area contributed by atoms with Crippen LogP contribution in [0.3, 0.4) is 0 Å². The van der Waals surface area contributed by atoms with Gasteiger partial charge in [-0.3, -0.25) is 14.9 Å². The standard InChI is InChI=1S/C28H18N2O6/c31-27-24-15-14-23(18-25(24)36-26(27)17-19-8-7-13-22(16-19)30(33)34)35-28(32)29(20-9-3-1-4-10-20)21-11-5-2-6-12-21/h1-18H. The van der Waals surface area contributed by atoms with Crippen molar-refractivity contribution in [3.8, 4) is 11.5 Å². The highest BCUT2D eigenvalue weighted by Crippen LogP contribution is 2.36. The van der Waals surface area contributed by atoms with Crippen molar-refractivity contribution >= 4 is 35.0 Å². The largest absolute Gasteiger partial charge is 0.452 e. The monoisotopic (exact) mass is 478 g/mol. The molecule has 36 heavy (non-hydrogen) atoms. The number of nitro groups is 1. The minimum atomic E-state index is -0.635. The first-order chi connectivity index (χ1) is 17.5. The molecule has 8 nitrogen and oxygen atoms in total. The second-order valence-electron chi connectivity index (χ2n) is 7.82. The van der Waals surface area contributed by atoms with E-state index in [2.05, 4.69) is 0 Å². The third kappa shape index (κ3) is 4.55. The Balaban J connectivity index is 1.39. The summed E-state index contributed by atoms with van der Waals surface area (Å²) < 4.78 is 11.4. The zero-order valence-corrected chi connectivity index (χ0v) is 18.7. The number of non-ortho nitro benzene ring substituents is 1. The van der Waals surface area contributed by atoms with Gasteiger partial charge in [-0.25, -0.2) is 9.69 Å². The van der Waals surface area contributed by atoms with Crippen LogP contribution in [0.1, 0.15) is 15.9 Å². The fourth-order valence-corrected chi connectivity index (χ4v) is 3.77. The number of carbonyl (C=O) groups excluding carboxylic acids is 2. The van der Waals surface area contributed by atoms with E-state index in [0.717, 1.165) is 0 Å². The lowest BCUT2D eigenvalue weighted by molar-refractivity contribution is -0.384. The number of anilines is 2. The van der Waals surface area contributed by atoms with Gasteiger partial charge in [0.05, 0.1) is 21.9 Å². The van der Waals surface area contributed by atoms with Crippen LogP contribution in [0.25, 0.3) is 6.08 Å². The van der Waals surface area contributed by atoms with Crippen molar-refractivity contribution in [3.63, 3.8) is 0 Å². The van der Waals surface area contributed by atoms with Gasteiger partial charge in [-0.05, 0) is 48.0 Å². The molecule has 0 aliphatic carbocycles. The predicted octanol–water partition coefficient (Wildman–Crippen LogP) is 6.55. The van der Waals surface area contributed by atoms with E-state index in [1.54, 1.807) is 30.3 Å². The number of benzene rings is 4. The number of ketones is 1. The number of allylic oxidation sites excluding steroid dienone is 1. The number of nitrogens with zero attached hydrogens (tertiary/aromatic N) is 2. The molecule has 0 aromatic heterocycles. The lowest BCUT2D eigenvalue weighted by Crippen LogP contribution is -2.29. The number of rotatable bonds is 5. The van der Waals surface area contributed by atoms with E-state index in [9.17, 15) is 19.7 Å². The number of hydrogen-bond donors (Lipinski definition) is 0. The SMILES string of the molecule is O=C1C(=Cc2cccc([N+](=O)[O-])c2)Oc2cc(OC(=O)N(c3ccccc3)c3ccccc3)ccc21. The van der Waals surface area contributed by atoms with Gasteiger partial charge < -0.3 is 9.47 Å². The Morgan fingerprint density at radius 3 is 2.17 bits per heavy atom. The first-order valence-corrected chi connectivity index (χ1v) is 10.9. The molecule has 1 amide bonds. The first-order valence-electron chi connectivity index (χ1n) is 10.9. The maximum Gasteiger partial charge on any atom is 0.424 e. The van der Waals surface area contributed by atoms with Gasteiger partial charge in [0.2, 0.25) is 5.78 Å². The van der Waals surface area contributed by atoms with Crippen LogP contribution >= 0.6 is 0 Å². The van der Waals surface area contributed by atoms with Crippen LogP contribution in [0.2, 0.25) is 0 Å².